The summed E-state index contributed by atoms with van der Waals surface area (Å²) in [5.41, 5.74) is 0.679. The van der Waals surface area contributed by atoms with Crippen molar-refractivity contribution in [2.75, 3.05) is 10.6 Å². The molecule has 0 atom stereocenters. The van der Waals surface area contributed by atoms with Gasteiger partial charge in [0.15, 0.2) is 0 Å². The summed E-state index contributed by atoms with van der Waals surface area (Å²) in [5.74, 6) is 0.745. The molecule has 2 rings (SSSR count). The summed E-state index contributed by atoms with van der Waals surface area (Å²) in [6.07, 6.45) is 5.70. The Morgan fingerprint density at radius 3 is 2.65 bits per heavy atom. The van der Waals surface area contributed by atoms with E-state index in [1.807, 2.05) is 0 Å². The second kappa shape index (κ2) is 4.88. The molecule has 0 unspecified atom stereocenters. The molecule has 0 aromatic carbocycles. The molecule has 17 heavy (non-hydrogen) atoms. The fraction of sp³-hybridized carbons (Fsp3) is 0. The summed E-state index contributed by atoms with van der Waals surface area (Å²) in [6.45, 7) is 0. The predicted molar refractivity (Wildman–Crippen MR) is 60.7 cm³/mol. The first-order chi connectivity index (χ1) is 8.36. The Bertz CT molecular complexity index is 495. The molecule has 0 saturated heterocycles. The van der Waals surface area contributed by atoms with Gasteiger partial charge in [0.1, 0.15) is 5.82 Å². The first-order valence-corrected chi connectivity index (χ1v) is 4.75. The van der Waals surface area contributed by atoms with Crippen LogP contribution < -0.4 is 10.6 Å². The van der Waals surface area contributed by atoms with E-state index in [2.05, 4.69) is 20.6 Å². The van der Waals surface area contributed by atoms with Crippen LogP contribution in [0, 0.1) is 0 Å². The molecule has 2 aromatic heterocycles. The zero-order chi connectivity index (χ0) is 12.1. The molecule has 2 N–H and O–H groups in total. The summed E-state index contributed by atoms with van der Waals surface area (Å²) in [7, 11) is 0. The predicted octanol–water partition coefficient (Wildman–Crippen LogP) is 0.404. The summed E-state index contributed by atoms with van der Waals surface area (Å²) in [4.78, 5) is 28.9. The lowest BCUT2D eigenvalue weighted by Gasteiger charge is -2.09. The smallest absolute Gasteiger partial charge is 0.215 e. The van der Waals surface area contributed by atoms with E-state index in [0.717, 1.165) is 0 Å². The SMILES string of the molecule is O=CNc1cnc(NC=O)n1-c1cccnc1. The van der Waals surface area contributed by atoms with Gasteiger partial charge in [0.2, 0.25) is 18.8 Å². The maximum absolute atomic E-state index is 10.5. The number of carbonyl (C=O) groups excluding carboxylic acids is 2. The molecule has 0 aliphatic carbocycles. The molecule has 0 bridgehead atoms. The molecular formula is C10H9N5O2. The molecule has 0 fully saturated rings. The van der Waals surface area contributed by atoms with Gasteiger partial charge >= 0.3 is 0 Å². The number of hydrogen-bond acceptors (Lipinski definition) is 4. The van der Waals surface area contributed by atoms with E-state index in [0.29, 0.717) is 30.3 Å². The number of nitrogens with one attached hydrogen (secondary N) is 2. The molecule has 0 aliphatic heterocycles. The van der Waals surface area contributed by atoms with Crippen molar-refractivity contribution < 1.29 is 9.59 Å². The summed E-state index contributed by atoms with van der Waals surface area (Å²) >= 11 is 0. The molecule has 0 radical (unpaired) electrons. The van der Waals surface area contributed by atoms with Crippen molar-refractivity contribution in [3.8, 4) is 5.69 Å². The minimum Gasteiger partial charge on any atom is -0.313 e. The zero-order valence-corrected chi connectivity index (χ0v) is 8.70. The number of amides is 2. The highest BCUT2D eigenvalue weighted by molar-refractivity contribution is 5.74. The highest BCUT2D eigenvalue weighted by Crippen LogP contribution is 2.20. The van der Waals surface area contributed by atoms with Gasteiger partial charge in [-0.2, -0.15) is 0 Å². The Kier molecular flexibility index (Phi) is 3.10. The average molecular weight is 231 g/mol. The van der Waals surface area contributed by atoms with Gasteiger partial charge < -0.3 is 5.32 Å². The number of anilines is 2. The van der Waals surface area contributed by atoms with E-state index >= 15 is 0 Å². The lowest BCUT2D eigenvalue weighted by Crippen LogP contribution is -2.07. The minimum absolute atomic E-state index is 0.303. The highest BCUT2D eigenvalue weighted by atomic mass is 16.1. The van der Waals surface area contributed by atoms with E-state index in [1.165, 1.54) is 6.20 Å². The fourth-order valence-electron chi connectivity index (χ4n) is 1.42. The number of rotatable bonds is 5. The van der Waals surface area contributed by atoms with E-state index in [-0.39, 0.29) is 0 Å². The Morgan fingerprint density at radius 1 is 1.18 bits per heavy atom. The number of imidazole rings is 1. The summed E-state index contributed by atoms with van der Waals surface area (Å²) < 4.78 is 1.57. The second-order valence-corrected chi connectivity index (χ2v) is 3.04. The van der Waals surface area contributed by atoms with Crippen LogP contribution in [0.15, 0.2) is 30.7 Å². The topological polar surface area (TPSA) is 88.9 Å². The minimum atomic E-state index is 0.303. The Morgan fingerprint density at radius 2 is 2.00 bits per heavy atom. The first-order valence-electron chi connectivity index (χ1n) is 4.75. The number of pyridine rings is 1. The van der Waals surface area contributed by atoms with Crippen LogP contribution in [0.5, 0.6) is 0 Å². The van der Waals surface area contributed by atoms with Gasteiger partial charge in [-0.25, -0.2) is 4.98 Å². The van der Waals surface area contributed by atoms with Crippen molar-refractivity contribution in [1.29, 1.82) is 0 Å². The third kappa shape index (κ3) is 2.12. The van der Waals surface area contributed by atoms with Gasteiger partial charge in [0, 0.05) is 6.20 Å². The maximum Gasteiger partial charge on any atom is 0.215 e. The fourth-order valence-corrected chi connectivity index (χ4v) is 1.42. The monoisotopic (exact) mass is 231 g/mol. The van der Waals surface area contributed by atoms with Crippen LogP contribution >= 0.6 is 0 Å². The van der Waals surface area contributed by atoms with Crippen LogP contribution in [0.25, 0.3) is 5.69 Å². The third-order valence-corrected chi connectivity index (χ3v) is 2.06. The molecular weight excluding hydrogens is 222 g/mol. The van der Waals surface area contributed by atoms with Gasteiger partial charge in [-0.05, 0) is 12.1 Å². The second-order valence-electron chi connectivity index (χ2n) is 3.04. The molecule has 2 heterocycles. The van der Waals surface area contributed by atoms with Gasteiger partial charge in [-0.3, -0.25) is 24.5 Å². The number of aromatic nitrogens is 3. The highest BCUT2D eigenvalue weighted by Gasteiger charge is 2.10. The van der Waals surface area contributed by atoms with E-state index in [9.17, 15) is 9.59 Å². The van der Waals surface area contributed by atoms with Crippen LogP contribution in [-0.4, -0.2) is 27.4 Å². The Labute approximate surface area is 96.5 Å². The quantitative estimate of drug-likeness (QED) is 0.729. The lowest BCUT2D eigenvalue weighted by molar-refractivity contribution is -0.106. The van der Waals surface area contributed by atoms with Crippen molar-refractivity contribution in [2.24, 2.45) is 0 Å². The van der Waals surface area contributed by atoms with Crippen LogP contribution in [0.1, 0.15) is 0 Å². The molecule has 7 nitrogen and oxygen atoms in total. The third-order valence-electron chi connectivity index (χ3n) is 2.06. The van der Waals surface area contributed by atoms with Crippen LogP contribution in [0.3, 0.4) is 0 Å². The van der Waals surface area contributed by atoms with Crippen molar-refractivity contribution >= 4 is 24.6 Å². The number of hydrogen-bond donors (Lipinski definition) is 2. The molecule has 2 amide bonds. The Balaban J connectivity index is 2.51. The molecule has 0 spiro atoms. The normalized spacial score (nSPS) is 9.65. The molecule has 2 aromatic rings. The van der Waals surface area contributed by atoms with Crippen LogP contribution in [0.2, 0.25) is 0 Å². The molecule has 0 aliphatic rings. The zero-order valence-electron chi connectivity index (χ0n) is 8.70. The number of carbonyl (C=O) groups is 2. The Hall–Kier alpha value is -2.70. The molecule has 7 heteroatoms. The van der Waals surface area contributed by atoms with Crippen LogP contribution in [0.4, 0.5) is 11.8 Å². The maximum atomic E-state index is 10.5. The largest absolute Gasteiger partial charge is 0.313 e. The van der Waals surface area contributed by atoms with E-state index in [1.54, 1.807) is 29.1 Å². The van der Waals surface area contributed by atoms with Crippen molar-refractivity contribution in [1.82, 2.24) is 14.5 Å². The van der Waals surface area contributed by atoms with Crippen LogP contribution in [-0.2, 0) is 9.59 Å². The van der Waals surface area contributed by atoms with Gasteiger partial charge in [0.05, 0.1) is 18.1 Å². The van der Waals surface area contributed by atoms with Crippen molar-refractivity contribution in [2.45, 2.75) is 0 Å². The average Bonchev–Trinajstić information content (AvgIpc) is 2.74. The lowest BCUT2D eigenvalue weighted by atomic mass is 10.4. The van der Waals surface area contributed by atoms with Gasteiger partial charge in [-0.15, -0.1) is 0 Å². The molecule has 86 valence electrons. The summed E-state index contributed by atoms with van der Waals surface area (Å²) in [6, 6.07) is 3.52. The standard InChI is InChI=1S/C10H9N5O2/c16-6-13-9-5-12-10(14-7-17)15(9)8-2-1-3-11-4-8/h1-7H,(H,13,16)(H,12,14,17). The van der Waals surface area contributed by atoms with Crippen molar-refractivity contribution in [3.63, 3.8) is 0 Å². The first kappa shape index (κ1) is 10.8. The van der Waals surface area contributed by atoms with Gasteiger partial charge in [0.25, 0.3) is 0 Å². The van der Waals surface area contributed by atoms with Gasteiger partial charge in [-0.1, -0.05) is 0 Å². The molecule has 0 saturated carbocycles. The summed E-state index contributed by atoms with van der Waals surface area (Å²) in [5, 5.41) is 4.93. The number of nitrogens with zero attached hydrogens (tertiary/aromatic N) is 3. The van der Waals surface area contributed by atoms with Crippen molar-refractivity contribution in [3.05, 3.63) is 30.7 Å². The van der Waals surface area contributed by atoms with E-state index in [4.69, 9.17) is 0 Å². The van der Waals surface area contributed by atoms with E-state index < -0.39 is 0 Å².